The van der Waals surface area contributed by atoms with Crippen molar-refractivity contribution in [1.82, 2.24) is 40.2 Å². The summed E-state index contributed by atoms with van der Waals surface area (Å²) in [6.07, 6.45) is -2.98. The fourth-order valence-electron chi connectivity index (χ4n) is 10.6. The molecule has 4 aromatic carbocycles. The van der Waals surface area contributed by atoms with Gasteiger partial charge in [-0.05, 0) is 72.4 Å². The van der Waals surface area contributed by atoms with Crippen LogP contribution >= 0.6 is 35.3 Å². The highest BCUT2D eigenvalue weighted by Crippen LogP contribution is 2.35. The molecule has 2 fully saturated rings. The van der Waals surface area contributed by atoms with Crippen LogP contribution in [0.2, 0.25) is 0 Å². The van der Waals surface area contributed by atoms with Crippen molar-refractivity contribution in [2.75, 3.05) is 18.8 Å². The second-order valence-corrected chi connectivity index (χ2v) is 21.5. The number of thiol groups is 1. The smallest absolute Gasteiger partial charge is 0.255 e. The molecule has 17 nitrogen and oxygen atoms in total. The molecule has 4 aliphatic rings. The van der Waals surface area contributed by atoms with Crippen LogP contribution in [0.15, 0.2) is 102 Å². The summed E-state index contributed by atoms with van der Waals surface area (Å²) in [7, 11) is 0. The molecular weight excluding hydrogens is 1010 g/mol. The van der Waals surface area contributed by atoms with E-state index in [2.05, 4.69) is 33.2 Å². The normalized spacial score (nSPS) is 20.2. The molecule has 2 saturated heterocycles. The van der Waals surface area contributed by atoms with Gasteiger partial charge in [0.15, 0.2) is 0 Å². The molecule has 6 heterocycles. The molecule has 0 saturated carbocycles. The first kappa shape index (κ1) is 51.5. The van der Waals surface area contributed by atoms with Gasteiger partial charge in [0.05, 0.1) is 50.9 Å². The number of carbonyl (C=O) groups is 6. The van der Waals surface area contributed by atoms with Gasteiger partial charge in [0, 0.05) is 62.4 Å². The number of nitrogens with zero attached hydrogens (tertiary/aromatic N) is 6. The van der Waals surface area contributed by atoms with Crippen molar-refractivity contribution in [2.24, 2.45) is 0 Å². The van der Waals surface area contributed by atoms with Crippen molar-refractivity contribution in [3.63, 3.8) is 0 Å². The minimum Gasteiger partial charge on any atom is -0.488 e. The van der Waals surface area contributed by atoms with E-state index in [4.69, 9.17) is 4.74 Å². The number of amides is 6. The number of aliphatic hydroxyl groups excluding tert-OH is 2. The van der Waals surface area contributed by atoms with Gasteiger partial charge in [-0.3, -0.25) is 28.8 Å². The van der Waals surface area contributed by atoms with Crippen molar-refractivity contribution >= 4 is 70.7 Å². The van der Waals surface area contributed by atoms with Crippen LogP contribution in [0.4, 0.5) is 0 Å². The monoisotopic (exact) mass is 1070 g/mol. The van der Waals surface area contributed by atoms with Gasteiger partial charge in [-0.15, -0.1) is 22.7 Å². The number of nitrogens with one attached hydrogen (secondary N) is 2. The van der Waals surface area contributed by atoms with E-state index in [1.54, 1.807) is 64.0 Å². The van der Waals surface area contributed by atoms with Crippen molar-refractivity contribution in [3.05, 3.63) is 147 Å². The first-order valence-electron chi connectivity index (χ1n) is 24.8. The first-order chi connectivity index (χ1) is 36.2. The summed E-state index contributed by atoms with van der Waals surface area (Å²) in [5, 5.41) is 27.8. The number of carbonyl (C=O) groups excluding carboxylic acids is 6. The molecule has 6 amide bonds. The van der Waals surface area contributed by atoms with E-state index in [0.29, 0.717) is 11.1 Å². The minimum absolute atomic E-state index is 0.00915. The second kappa shape index (κ2) is 21.7. The Morgan fingerprint density at radius 3 is 1.83 bits per heavy atom. The third-order valence-electron chi connectivity index (χ3n) is 14.5. The molecule has 2 aromatic heterocycles. The maximum absolute atomic E-state index is 14.7. The van der Waals surface area contributed by atoms with Gasteiger partial charge >= 0.3 is 0 Å². The van der Waals surface area contributed by atoms with Crippen LogP contribution in [-0.4, -0.2) is 137 Å². The average Bonchev–Trinajstić information content (AvgIpc) is 4.31. The Bertz CT molecular complexity index is 3160. The summed E-state index contributed by atoms with van der Waals surface area (Å²) in [4.78, 5) is 101. The largest absolute Gasteiger partial charge is 0.488 e. The van der Waals surface area contributed by atoms with Gasteiger partial charge in [0.1, 0.15) is 36.0 Å². The number of likely N-dealkylation sites (tertiary alicyclic amines) is 2. The number of rotatable bonds is 16. The zero-order chi connectivity index (χ0) is 52.7. The Kier molecular flexibility index (Phi) is 14.9. The zero-order valence-electron chi connectivity index (χ0n) is 41.4. The third kappa shape index (κ3) is 10.4. The van der Waals surface area contributed by atoms with Gasteiger partial charge < -0.3 is 45.2 Å². The highest BCUT2D eigenvalue weighted by Gasteiger charge is 2.48. The number of hydrogen-bond donors (Lipinski definition) is 5. The summed E-state index contributed by atoms with van der Waals surface area (Å²) in [5.41, 5.74) is 11.3. The zero-order valence-corrected chi connectivity index (χ0v) is 43.9. The number of benzene rings is 4. The molecule has 6 aromatic rings. The highest BCUT2D eigenvalue weighted by atomic mass is 32.1. The third-order valence-corrected chi connectivity index (χ3v) is 16.8. The molecule has 0 unspecified atom stereocenters. The number of aryl methyl sites for hydroxylation is 2. The Labute approximate surface area is 447 Å². The Hall–Kier alpha value is -6.97. The van der Waals surface area contributed by atoms with E-state index in [0.717, 1.165) is 49.0 Å². The van der Waals surface area contributed by atoms with E-state index in [9.17, 15) is 39.0 Å². The Morgan fingerprint density at radius 2 is 1.27 bits per heavy atom. The van der Waals surface area contributed by atoms with Crippen molar-refractivity contribution in [3.8, 4) is 26.6 Å². The number of aliphatic hydroxyl groups is 2. The molecular formula is C55H56N8O9S3. The molecule has 388 valence electrons. The number of hydrogen-bond acceptors (Lipinski definition) is 14. The highest BCUT2D eigenvalue weighted by molar-refractivity contribution is 7.80. The van der Waals surface area contributed by atoms with Crippen LogP contribution < -0.4 is 15.4 Å². The van der Waals surface area contributed by atoms with E-state index in [1.807, 2.05) is 74.5 Å². The predicted octanol–water partition coefficient (Wildman–Crippen LogP) is 5.15. The number of thiazole rings is 2. The summed E-state index contributed by atoms with van der Waals surface area (Å²) in [6.45, 7) is 5.70. The maximum atomic E-state index is 14.7. The van der Waals surface area contributed by atoms with Gasteiger partial charge in [0.2, 0.25) is 23.6 Å². The van der Waals surface area contributed by atoms with Crippen LogP contribution in [-0.2, 0) is 45.4 Å². The Balaban J connectivity index is 0.820. The Morgan fingerprint density at radius 1 is 0.720 bits per heavy atom. The van der Waals surface area contributed by atoms with Crippen LogP contribution in [0.3, 0.4) is 0 Å². The van der Waals surface area contributed by atoms with Crippen molar-refractivity contribution < 1.29 is 43.7 Å². The van der Waals surface area contributed by atoms with E-state index >= 15 is 0 Å². The maximum Gasteiger partial charge on any atom is 0.255 e. The topological polar surface area (TPSA) is 215 Å². The fourth-order valence-corrected chi connectivity index (χ4v) is 12.6. The van der Waals surface area contributed by atoms with Crippen LogP contribution in [0, 0.1) is 13.8 Å². The second-order valence-electron chi connectivity index (χ2n) is 19.5. The molecule has 4 N–H and O–H groups in total. The molecule has 20 heteroatoms. The molecule has 75 heavy (non-hydrogen) atoms. The lowest BCUT2D eigenvalue weighted by molar-refractivity contribution is -0.145. The molecule has 10 rings (SSSR count). The minimum atomic E-state index is -1.39. The first-order valence-corrected chi connectivity index (χ1v) is 27.2. The summed E-state index contributed by atoms with van der Waals surface area (Å²) < 4.78 is 6.50. The quantitative estimate of drug-likeness (QED) is 0.0800. The van der Waals surface area contributed by atoms with E-state index < -0.39 is 72.0 Å². The number of ether oxygens (including phenoxy) is 1. The molecule has 0 aliphatic carbocycles. The van der Waals surface area contributed by atoms with Crippen LogP contribution in [0.5, 0.6) is 5.75 Å². The summed E-state index contributed by atoms with van der Waals surface area (Å²) >= 11 is 7.63. The molecule has 0 radical (unpaired) electrons. The van der Waals surface area contributed by atoms with Gasteiger partial charge in [-0.1, -0.05) is 72.8 Å². The molecule has 7 atom stereocenters. The van der Waals surface area contributed by atoms with Gasteiger partial charge in [-0.25, -0.2) is 9.97 Å². The lowest BCUT2D eigenvalue weighted by Crippen LogP contribution is -2.57. The van der Waals surface area contributed by atoms with E-state index in [-0.39, 0.29) is 75.1 Å². The fraction of sp³-hybridized carbons (Fsp3) is 0.345. The van der Waals surface area contributed by atoms with Crippen LogP contribution in [0.1, 0.15) is 74.1 Å². The predicted molar refractivity (Wildman–Crippen MR) is 285 cm³/mol. The number of fused-ring (bicyclic) bond motifs is 2. The standard InChI is InChI=1S/C55H56N8O9S3/c1-30-48(74-28-58-30)35-12-8-33(9-13-35)21-56-50(66)44-18-39(65)25-61(44)55(71)47(32(3)64)63-24-38-16-17-40(19-43(38)53(63)69)72-41-20-45(51(67)57-22-34-10-14-36(15-11-34)49-31(2)59-29-75-49)62(26-41)54(70)46(27-73)60-23-37-6-4-5-7-42(37)52(60)68/h4-17,19,28-29,32,39,41,44-47,64-65,73H,18,20-27H2,1-3H3,(H,56,66)(H,57,67)/t32-,39+,41+,44-,45-,46-,47-/m0/s1. The number of β-amino-alcohol motifs (C(OH)–C–C–N with tert-alkyl or cyclic N) is 1. The van der Waals surface area contributed by atoms with Crippen molar-refractivity contribution in [2.45, 2.75) is 102 Å². The summed E-state index contributed by atoms with van der Waals surface area (Å²) in [6, 6.07) is 23.3. The molecule has 4 aliphatic heterocycles. The summed E-state index contributed by atoms with van der Waals surface area (Å²) in [5.74, 6) is -2.55. The van der Waals surface area contributed by atoms with Gasteiger partial charge in [-0.2, -0.15) is 12.6 Å². The van der Waals surface area contributed by atoms with Gasteiger partial charge in [0.25, 0.3) is 11.8 Å². The number of aromatic nitrogens is 2. The average molecular weight is 1070 g/mol. The molecule has 0 spiro atoms. The SMILES string of the molecule is Cc1ncsc1-c1ccc(CNC(=O)[C@@H]2C[C@@H](O)CN2C(=O)[C@H]([C@H](C)O)N2Cc3ccc(O[C@@H]4C[C@@H](C(=O)NCc5ccc(-c6scnc6C)cc5)N(C(=O)[C@H](CS)N5Cc6ccccc6C5=O)C4)cc3C2=O)cc1. The lowest BCUT2D eigenvalue weighted by Gasteiger charge is -2.34. The van der Waals surface area contributed by atoms with Crippen molar-refractivity contribution in [1.29, 1.82) is 0 Å². The lowest BCUT2D eigenvalue weighted by atomic mass is 10.1. The van der Waals surface area contributed by atoms with Crippen LogP contribution in [0.25, 0.3) is 20.9 Å². The van der Waals surface area contributed by atoms with E-state index in [1.165, 1.54) is 26.5 Å². The molecule has 0 bridgehead atoms.